The topological polar surface area (TPSA) is 52.6 Å². The van der Waals surface area contributed by atoms with E-state index in [0.29, 0.717) is 11.7 Å². The molecule has 0 radical (unpaired) electrons. The number of hydrogen-bond donors (Lipinski definition) is 1. The van der Waals surface area contributed by atoms with Gasteiger partial charge in [-0.15, -0.1) is 0 Å². The number of rotatable bonds is 5. The molecule has 0 bridgehead atoms. The van der Waals surface area contributed by atoms with E-state index in [1.807, 2.05) is 18.2 Å². The van der Waals surface area contributed by atoms with Gasteiger partial charge in [0.1, 0.15) is 5.82 Å². The molecular weight excluding hydrogens is 377 g/mol. The van der Waals surface area contributed by atoms with E-state index in [0.717, 1.165) is 63.3 Å². The van der Waals surface area contributed by atoms with Crippen molar-refractivity contribution in [1.82, 2.24) is 4.90 Å². The van der Waals surface area contributed by atoms with Crippen LogP contribution in [0.25, 0.3) is 0 Å². The first-order chi connectivity index (χ1) is 13.5. The number of hydrogen-bond acceptors (Lipinski definition) is 4. The normalized spacial score (nSPS) is 18.3. The van der Waals surface area contributed by atoms with E-state index in [4.69, 9.17) is 0 Å². The van der Waals surface area contributed by atoms with Crippen LogP contribution in [0.1, 0.15) is 25.3 Å². The number of nitrogens with zero attached hydrogens (tertiary/aromatic N) is 2. The number of fused-ring (bicyclic) bond motifs is 1. The zero-order valence-corrected chi connectivity index (χ0v) is 16.9. The highest BCUT2D eigenvalue weighted by molar-refractivity contribution is 7.92. The number of nitrogens with one attached hydrogen (secondary N) is 1. The molecule has 4 rings (SSSR count). The van der Waals surface area contributed by atoms with E-state index >= 15 is 0 Å². The first kappa shape index (κ1) is 19.2. The van der Waals surface area contributed by atoms with E-state index in [1.165, 1.54) is 17.7 Å². The Morgan fingerprint density at radius 1 is 1.07 bits per heavy atom. The number of sulfonamides is 1. The fourth-order valence-corrected chi connectivity index (χ4v) is 5.27. The average molecular weight is 404 g/mol. The Hall–Kier alpha value is -2.12. The number of piperidine rings is 1. The summed E-state index contributed by atoms with van der Waals surface area (Å²) < 4.78 is 41.0. The van der Waals surface area contributed by atoms with Crippen LogP contribution in [0.4, 0.5) is 15.8 Å². The van der Waals surface area contributed by atoms with Crippen LogP contribution in [0, 0.1) is 5.82 Å². The maximum atomic E-state index is 13.1. The molecule has 150 valence electrons. The van der Waals surface area contributed by atoms with Crippen molar-refractivity contribution in [3.63, 3.8) is 0 Å². The van der Waals surface area contributed by atoms with Gasteiger partial charge in [-0.05, 0) is 67.8 Å². The molecule has 1 saturated heterocycles. The molecule has 2 aromatic rings. The molecule has 7 heteroatoms. The highest BCUT2D eigenvalue weighted by Gasteiger charge is 2.29. The smallest absolute Gasteiger partial charge is 0.261 e. The zero-order chi connectivity index (χ0) is 19.7. The first-order valence-corrected chi connectivity index (χ1v) is 11.3. The van der Waals surface area contributed by atoms with Gasteiger partial charge in [0.05, 0.1) is 10.6 Å². The molecule has 1 fully saturated rings. The number of benzene rings is 2. The molecule has 0 aromatic heterocycles. The van der Waals surface area contributed by atoms with Crippen LogP contribution in [0.5, 0.6) is 0 Å². The Morgan fingerprint density at radius 2 is 1.79 bits per heavy atom. The van der Waals surface area contributed by atoms with Gasteiger partial charge in [-0.2, -0.15) is 0 Å². The van der Waals surface area contributed by atoms with Crippen LogP contribution in [0.2, 0.25) is 0 Å². The quantitative estimate of drug-likeness (QED) is 0.831. The Kier molecular flexibility index (Phi) is 5.29. The lowest BCUT2D eigenvalue weighted by Gasteiger charge is -2.37. The van der Waals surface area contributed by atoms with Gasteiger partial charge in [-0.3, -0.25) is 4.72 Å². The van der Waals surface area contributed by atoms with Gasteiger partial charge < -0.3 is 9.80 Å². The minimum Gasteiger partial charge on any atom is -0.368 e. The summed E-state index contributed by atoms with van der Waals surface area (Å²) in [6, 6.07) is 11.1. The number of likely N-dealkylation sites (tertiary alicyclic amines) is 1. The van der Waals surface area contributed by atoms with Crippen LogP contribution in [-0.4, -0.2) is 45.5 Å². The van der Waals surface area contributed by atoms with Crippen molar-refractivity contribution in [2.24, 2.45) is 0 Å². The van der Waals surface area contributed by atoms with Crippen LogP contribution in [0.15, 0.2) is 47.4 Å². The maximum Gasteiger partial charge on any atom is 0.261 e. The van der Waals surface area contributed by atoms with E-state index in [2.05, 4.69) is 21.4 Å². The highest BCUT2D eigenvalue weighted by Crippen LogP contribution is 2.35. The monoisotopic (exact) mass is 403 g/mol. The van der Waals surface area contributed by atoms with Crippen LogP contribution in [0.3, 0.4) is 0 Å². The summed E-state index contributed by atoms with van der Waals surface area (Å²) in [5, 5.41) is 0. The Balaban J connectivity index is 1.53. The maximum absolute atomic E-state index is 13.1. The van der Waals surface area contributed by atoms with Crippen LogP contribution >= 0.6 is 0 Å². The molecule has 0 spiro atoms. The molecule has 1 N–H and O–H groups in total. The molecule has 2 aromatic carbocycles. The van der Waals surface area contributed by atoms with Gasteiger partial charge in [0, 0.05) is 31.4 Å². The third kappa shape index (κ3) is 3.86. The Labute approximate surface area is 166 Å². The van der Waals surface area contributed by atoms with Gasteiger partial charge in [0.2, 0.25) is 0 Å². The third-order valence-electron chi connectivity index (χ3n) is 5.84. The zero-order valence-electron chi connectivity index (χ0n) is 16.1. The molecular formula is C21H26FN3O2S. The van der Waals surface area contributed by atoms with Gasteiger partial charge in [0.15, 0.2) is 0 Å². The van der Waals surface area contributed by atoms with Crippen molar-refractivity contribution in [2.45, 2.75) is 37.1 Å². The molecule has 2 aliphatic heterocycles. The molecule has 28 heavy (non-hydrogen) atoms. The summed E-state index contributed by atoms with van der Waals surface area (Å²) >= 11 is 0. The summed E-state index contributed by atoms with van der Waals surface area (Å²) in [6.45, 7) is 6.51. The molecule has 0 unspecified atom stereocenters. The SMILES string of the molecule is CCN1CCC(N2CCc3ccc(NS(=O)(=O)c4ccc(F)cc4)cc32)CC1. The fraction of sp³-hybridized carbons (Fsp3) is 0.429. The number of halogens is 1. The summed E-state index contributed by atoms with van der Waals surface area (Å²) in [6.07, 6.45) is 3.27. The lowest BCUT2D eigenvalue weighted by atomic mass is 10.0. The van der Waals surface area contributed by atoms with Crippen LogP contribution < -0.4 is 9.62 Å². The van der Waals surface area contributed by atoms with Crippen molar-refractivity contribution in [1.29, 1.82) is 0 Å². The van der Waals surface area contributed by atoms with Crippen molar-refractivity contribution >= 4 is 21.4 Å². The van der Waals surface area contributed by atoms with Gasteiger partial charge >= 0.3 is 0 Å². The lowest BCUT2D eigenvalue weighted by Crippen LogP contribution is -2.44. The average Bonchev–Trinajstić information content (AvgIpc) is 3.11. The highest BCUT2D eigenvalue weighted by atomic mass is 32.2. The molecule has 5 nitrogen and oxygen atoms in total. The van der Waals surface area contributed by atoms with Crippen molar-refractivity contribution < 1.29 is 12.8 Å². The summed E-state index contributed by atoms with van der Waals surface area (Å²) in [4.78, 5) is 4.97. The molecule has 0 atom stereocenters. The second-order valence-corrected chi connectivity index (χ2v) is 9.19. The van der Waals surface area contributed by atoms with Crippen LogP contribution in [-0.2, 0) is 16.4 Å². The fourth-order valence-electron chi connectivity index (χ4n) is 4.22. The second-order valence-electron chi connectivity index (χ2n) is 7.51. The lowest BCUT2D eigenvalue weighted by molar-refractivity contribution is 0.219. The van der Waals surface area contributed by atoms with Crippen molar-refractivity contribution in [2.75, 3.05) is 35.8 Å². The molecule has 2 heterocycles. The van der Waals surface area contributed by atoms with Gasteiger partial charge in [-0.25, -0.2) is 12.8 Å². The molecule has 0 amide bonds. The second kappa shape index (κ2) is 7.72. The summed E-state index contributed by atoms with van der Waals surface area (Å²) in [5.74, 6) is -0.457. The Bertz CT molecular complexity index is 939. The predicted octanol–water partition coefficient (Wildman–Crippen LogP) is 3.47. The third-order valence-corrected chi connectivity index (χ3v) is 7.24. The largest absolute Gasteiger partial charge is 0.368 e. The first-order valence-electron chi connectivity index (χ1n) is 9.86. The van der Waals surface area contributed by atoms with Crippen molar-refractivity contribution in [3.05, 3.63) is 53.8 Å². The van der Waals surface area contributed by atoms with Gasteiger partial charge in [0.25, 0.3) is 10.0 Å². The Morgan fingerprint density at radius 3 is 2.46 bits per heavy atom. The van der Waals surface area contributed by atoms with E-state index in [9.17, 15) is 12.8 Å². The van der Waals surface area contributed by atoms with E-state index in [-0.39, 0.29) is 4.90 Å². The van der Waals surface area contributed by atoms with E-state index < -0.39 is 15.8 Å². The predicted molar refractivity (Wildman–Crippen MR) is 110 cm³/mol. The number of anilines is 2. The summed E-state index contributed by atoms with van der Waals surface area (Å²) in [7, 11) is -3.74. The van der Waals surface area contributed by atoms with E-state index in [1.54, 1.807) is 0 Å². The standard InChI is InChI=1S/C21H26FN3O2S/c1-2-24-12-10-19(11-13-24)25-14-9-16-3-6-18(15-21(16)25)23-28(26,27)20-7-4-17(22)5-8-20/h3-8,15,19,23H,2,9-14H2,1H3. The molecule has 2 aliphatic rings. The van der Waals surface area contributed by atoms with Crippen molar-refractivity contribution in [3.8, 4) is 0 Å². The van der Waals surface area contributed by atoms with Gasteiger partial charge in [-0.1, -0.05) is 13.0 Å². The minimum absolute atomic E-state index is 0.0539. The molecule has 0 saturated carbocycles. The minimum atomic E-state index is -3.74. The molecule has 0 aliphatic carbocycles. The summed E-state index contributed by atoms with van der Waals surface area (Å²) in [5.41, 5.74) is 2.94.